The number of fused-ring (bicyclic) bond motifs is 2. The maximum absolute atomic E-state index is 13.0. The quantitative estimate of drug-likeness (QED) is 0.442. The number of aromatic hydroxyl groups is 1. The fourth-order valence-corrected chi connectivity index (χ4v) is 3.05. The summed E-state index contributed by atoms with van der Waals surface area (Å²) in [6.07, 6.45) is 0. The van der Waals surface area contributed by atoms with Crippen molar-refractivity contribution >= 4 is 27.7 Å². The van der Waals surface area contributed by atoms with Crippen molar-refractivity contribution in [1.29, 1.82) is 0 Å². The zero-order valence-corrected chi connectivity index (χ0v) is 13.4. The van der Waals surface area contributed by atoms with Crippen molar-refractivity contribution in [1.82, 2.24) is 0 Å². The SMILES string of the molecule is Cc1ccc2c(=O)c3ccccc3oc2c1C(=O)c1ccccc1O. The number of hydrogen-bond acceptors (Lipinski definition) is 4. The van der Waals surface area contributed by atoms with E-state index >= 15 is 0 Å². The molecule has 0 saturated heterocycles. The summed E-state index contributed by atoms with van der Waals surface area (Å²) in [5.74, 6) is -0.480. The van der Waals surface area contributed by atoms with Crippen molar-refractivity contribution in [2.24, 2.45) is 0 Å². The minimum absolute atomic E-state index is 0.105. The minimum Gasteiger partial charge on any atom is -0.507 e. The molecule has 1 N–H and O–H groups in total. The molecule has 1 aromatic heterocycles. The number of ketones is 1. The molecule has 0 saturated carbocycles. The fourth-order valence-electron chi connectivity index (χ4n) is 3.05. The second-order valence-electron chi connectivity index (χ2n) is 5.91. The van der Waals surface area contributed by atoms with Crippen LogP contribution in [0.3, 0.4) is 0 Å². The third kappa shape index (κ3) is 2.31. The third-order valence-corrected chi connectivity index (χ3v) is 4.33. The fraction of sp³-hybridized carbons (Fsp3) is 0.0476. The lowest BCUT2D eigenvalue weighted by Gasteiger charge is -2.10. The number of phenols is 1. The number of benzene rings is 3. The molecular weight excluding hydrogens is 316 g/mol. The predicted octanol–water partition coefficient (Wildman–Crippen LogP) is 4.19. The highest BCUT2D eigenvalue weighted by molar-refractivity contribution is 6.17. The van der Waals surface area contributed by atoms with E-state index in [-0.39, 0.29) is 28.1 Å². The molecule has 0 aliphatic rings. The summed E-state index contributed by atoms with van der Waals surface area (Å²) in [5, 5.41) is 10.8. The number of hydrogen-bond donors (Lipinski definition) is 1. The first kappa shape index (κ1) is 15.1. The summed E-state index contributed by atoms with van der Waals surface area (Å²) in [6, 6.07) is 16.7. The van der Waals surface area contributed by atoms with Gasteiger partial charge < -0.3 is 9.52 Å². The summed E-state index contributed by atoms with van der Waals surface area (Å²) in [7, 11) is 0. The zero-order chi connectivity index (χ0) is 17.6. The Labute approximate surface area is 143 Å². The van der Waals surface area contributed by atoms with E-state index in [1.54, 1.807) is 61.5 Å². The van der Waals surface area contributed by atoms with Crippen LogP contribution in [-0.2, 0) is 0 Å². The van der Waals surface area contributed by atoms with Crippen LogP contribution in [0.1, 0.15) is 21.5 Å². The first-order valence-electron chi connectivity index (χ1n) is 7.86. The highest BCUT2D eigenvalue weighted by Gasteiger charge is 2.21. The third-order valence-electron chi connectivity index (χ3n) is 4.33. The van der Waals surface area contributed by atoms with Crippen molar-refractivity contribution in [3.63, 3.8) is 0 Å². The summed E-state index contributed by atoms with van der Waals surface area (Å²) in [6.45, 7) is 1.78. The lowest BCUT2D eigenvalue weighted by molar-refractivity contribution is 0.103. The minimum atomic E-state index is -0.375. The molecule has 1 heterocycles. The van der Waals surface area contributed by atoms with Gasteiger partial charge in [0.05, 0.1) is 21.9 Å². The van der Waals surface area contributed by atoms with Crippen LogP contribution in [0.2, 0.25) is 0 Å². The molecule has 0 aliphatic heterocycles. The molecule has 0 amide bonds. The van der Waals surface area contributed by atoms with Gasteiger partial charge in [-0.25, -0.2) is 0 Å². The van der Waals surface area contributed by atoms with Gasteiger partial charge in [0.25, 0.3) is 0 Å². The van der Waals surface area contributed by atoms with E-state index in [1.807, 2.05) is 0 Å². The summed E-state index contributed by atoms with van der Waals surface area (Å²) in [5.41, 5.74) is 1.65. The second-order valence-corrected chi connectivity index (χ2v) is 5.91. The highest BCUT2D eigenvalue weighted by Crippen LogP contribution is 2.28. The van der Waals surface area contributed by atoms with Gasteiger partial charge in [0, 0.05) is 0 Å². The topological polar surface area (TPSA) is 67.5 Å². The van der Waals surface area contributed by atoms with Gasteiger partial charge in [0.2, 0.25) is 11.2 Å². The molecule has 4 nitrogen and oxygen atoms in total. The second kappa shape index (κ2) is 5.60. The zero-order valence-electron chi connectivity index (χ0n) is 13.4. The molecule has 4 rings (SSSR count). The molecule has 0 unspecified atom stereocenters. The van der Waals surface area contributed by atoms with Crippen LogP contribution in [0.15, 0.2) is 69.9 Å². The molecule has 0 radical (unpaired) electrons. The van der Waals surface area contributed by atoms with Crippen LogP contribution in [-0.4, -0.2) is 10.9 Å². The van der Waals surface area contributed by atoms with E-state index in [0.29, 0.717) is 27.5 Å². The van der Waals surface area contributed by atoms with Crippen LogP contribution >= 0.6 is 0 Å². The molecule has 25 heavy (non-hydrogen) atoms. The van der Waals surface area contributed by atoms with E-state index in [0.717, 1.165) is 0 Å². The molecule has 0 bridgehead atoms. The number of rotatable bonds is 2. The maximum Gasteiger partial charge on any atom is 0.200 e. The summed E-state index contributed by atoms with van der Waals surface area (Å²) < 4.78 is 5.92. The number of aryl methyl sites for hydroxylation is 1. The van der Waals surface area contributed by atoms with Crippen molar-refractivity contribution < 1.29 is 14.3 Å². The molecule has 3 aromatic carbocycles. The van der Waals surface area contributed by atoms with Gasteiger partial charge in [0.15, 0.2) is 0 Å². The van der Waals surface area contributed by atoms with Crippen LogP contribution in [0, 0.1) is 6.92 Å². The van der Waals surface area contributed by atoms with Gasteiger partial charge in [-0.2, -0.15) is 0 Å². The van der Waals surface area contributed by atoms with Crippen LogP contribution in [0.5, 0.6) is 5.75 Å². The van der Waals surface area contributed by atoms with Gasteiger partial charge >= 0.3 is 0 Å². The van der Waals surface area contributed by atoms with E-state index in [4.69, 9.17) is 4.42 Å². The van der Waals surface area contributed by atoms with Gasteiger partial charge in [0.1, 0.15) is 16.9 Å². The number of carbonyl (C=O) groups excluding carboxylic acids is 1. The molecular formula is C21H14O4. The van der Waals surface area contributed by atoms with Crippen LogP contribution < -0.4 is 5.43 Å². The lowest BCUT2D eigenvalue weighted by Crippen LogP contribution is -2.09. The Hall–Kier alpha value is -3.40. The van der Waals surface area contributed by atoms with Crippen LogP contribution in [0.25, 0.3) is 21.9 Å². The first-order valence-corrected chi connectivity index (χ1v) is 7.86. The predicted molar refractivity (Wildman–Crippen MR) is 96.3 cm³/mol. The number of phenolic OH excluding ortho intramolecular Hbond substituents is 1. The van der Waals surface area contributed by atoms with E-state index < -0.39 is 0 Å². The molecule has 4 aromatic rings. The molecule has 0 fully saturated rings. The molecule has 0 spiro atoms. The Balaban J connectivity index is 2.10. The Kier molecular flexibility index (Phi) is 3.39. The van der Waals surface area contributed by atoms with Crippen molar-refractivity contribution in [3.05, 3.63) is 87.6 Å². The average Bonchev–Trinajstić information content (AvgIpc) is 2.62. The lowest BCUT2D eigenvalue weighted by atomic mass is 9.95. The van der Waals surface area contributed by atoms with Crippen molar-refractivity contribution in [2.45, 2.75) is 6.92 Å². The smallest absolute Gasteiger partial charge is 0.200 e. The van der Waals surface area contributed by atoms with Gasteiger partial charge in [-0.1, -0.05) is 30.3 Å². The highest BCUT2D eigenvalue weighted by atomic mass is 16.3. The van der Waals surface area contributed by atoms with Crippen LogP contribution in [0.4, 0.5) is 0 Å². The summed E-state index contributed by atoms with van der Waals surface area (Å²) >= 11 is 0. The molecule has 4 heteroatoms. The Morgan fingerprint density at radius 2 is 1.64 bits per heavy atom. The normalized spacial score (nSPS) is 11.1. The standard InChI is InChI=1S/C21H14O4/c1-12-10-11-15-19(23)14-7-3-5-9-17(14)25-21(15)18(12)20(24)13-6-2-4-8-16(13)22/h2-11,22H,1H3. The molecule has 0 aliphatic carbocycles. The first-order chi connectivity index (χ1) is 12.1. The van der Waals surface area contributed by atoms with E-state index in [9.17, 15) is 14.7 Å². The molecule has 0 atom stereocenters. The monoisotopic (exact) mass is 330 g/mol. The van der Waals surface area contributed by atoms with Gasteiger partial charge in [-0.05, 0) is 42.8 Å². The van der Waals surface area contributed by atoms with E-state index in [1.165, 1.54) is 6.07 Å². The van der Waals surface area contributed by atoms with Gasteiger partial charge in [-0.15, -0.1) is 0 Å². The van der Waals surface area contributed by atoms with Crippen molar-refractivity contribution in [3.8, 4) is 5.75 Å². The Bertz CT molecular complexity index is 1200. The largest absolute Gasteiger partial charge is 0.507 e. The summed E-state index contributed by atoms with van der Waals surface area (Å²) in [4.78, 5) is 25.8. The molecule has 122 valence electrons. The van der Waals surface area contributed by atoms with Crippen molar-refractivity contribution in [2.75, 3.05) is 0 Å². The Morgan fingerprint density at radius 1 is 0.920 bits per heavy atom. The van der Waals surface area contributed by atoms with E-state index in [2.05, 4.69) is 0 Å². The Morgan fingerprint density at radius 3 is 2.44 bits per heavy atom. The maximum atomic E-state index is 13.0. The number of para-hydroxylation sites is 2. The number of carbonyl (C=O) groups is 1. The average molecular weight is 330 g/mol. The van der Waals surface area contributed by atoms with Gasteiger partial charge in [-0.3, -0.25) is 9.59 Å².